The van der Waals surface area contributed by atoms with E-state index in [1.807, 2.05) is 39.8 Å². The maximum Gasteiger partial charge on any atom is 0.329 e. The van der Waals surface area contributed by atoms with E-state index >= 15 is 0 Å². The van der Waals surface area contributed by atoms with Gasteiger partial charge < -0.3 is 19.7 Å². The van der Waals surface area contributed by atoms with Gasteiger partial charge in [-0.3, -0.25) is 9.59 Å². The molecule has 7 heteroatoms. The summed E-state index contributed by atoms with van der Waals surface area (Å²) in [4.78, 5) is 38.5. The molecule has 7 nitrogen and oxygen atoms in total. The molecule has 160 valence electrons. The van der Waals surface area contributed by atoms with Crippen LogP contribution < -0.4 is 10.1 Å². The number of methoxy groups -OCH3 is 1. The number of benzene rings is 1. The van der Waals surface area contributed by atoms with Crippen molar-refractivity contribution in [2.24, 2.45) is 0 Å². The number of amides is 2. The second-order valence-electron chi connectivity index (χ2n) is 7.35. The predicted molar refractivity (Wildman–Crippen MR) is 112 cm³/mol. The first-order chi connectivity index (χ1) is 13.6. The summed E-state index contributed by atoms with van der Waals surface area (Å²) in [5, 5.41) is 2.54. The molecule has 0 bridgehead atoms. The summed E-state index contributed by atoms with van der Waals surface area (Å²) in [6, 6.07) is 6.28. The van der Waals surface area contributed by atoms with Gasteiger partial charge in [0.05, 0.1) is 7.11 Å². The Bertz CT molecular complexity index is 717. The van der Waals surface area contributed by atoms with E-state index in [4.69, 9.17) is 9.47 Å². The summed E-state index contributed by atoms with van der Waals surface area (Å²) in [6.45, 7) is 10.7. The number of rotatable bonds is 9. The average Bonchev–Trinajstić information content (AvgIpc) is 2.65. The van der Waals surface area contributed by atoms with Gasteiger partial charge in [0.25, 0.3) is 5.91 Å². The topological polar surface area (TPSA) is 84.9 Å². The highest BCUT2D eigenvalue weighted by Gasteiger charge is 2.29. The van der Waals surface area contributed by atoms with Gasteiger partial charge in [-0.2, -0.15) is 0 Å². The normalized spacial score (nSPS) is 13.3. The quantitative estimate of drug-likeness (QED) is 0.505. The smallest absolute Gasteiger partial charge is 0.329 e. The van der Waals surface area contributed by atoms with Crippen molar-refractivity contribution >= 4 is 23.9 Å². The summed E-state index contributed by atoms with van der Waals surface area (Å²) in [7, 11) is 1.58. The molecule has 2 atom stereocenters. The van der Waals surface area contributed by atoms with Crippen molar-refractivity contribution in [1.29, 1.82) is 0 Å². The van der Waals surface area contributed by atoms with Crippen molar-refractivity contribution in [1.82, 2.24) is 10.2 Å². The van der Waals surface area contributed by atoms with E-state index in [9.17, 15) is 14.4 Å². The standard InChI is InChI=1S/C22H32N2O5/c1-14(2)24(15(3)4)21(26)17(6)29-22(27)16(5)23-20(25)13-10-18-8-11-19(28-7)12-9-18/h8-17H,1-7H3,(H,23,25)/b13-10+/t16-,17?/m0/s1. The first-order valence-corrected chi connectivity index (χ1v) is 9.72. The number of esters is 1. The zero-order valence-electron chi connectivity index (χ0n) is 18.3. The molecule has 0 aliphatic carbocycles. The summed E-state index contributed by atoms with van der Waals surface area (Å²) in [6.07, 6.45) is 2.03. The zero-order chi connectivity index (χ0) is 22.1. The van der Waals surface area contributed by atoms with Crippen molar-refractivity contribution in [3.63, 3.8) is 0 Å². The van der Waals surface area contributed by atoms with Crippen LogP contribution in [0.1, 0.15) is 47.1 Å². The van der Waals surface area contributed by atoms with Gasteiger partial charge in [-0.15, -0.1) is 0 Å². The third kappa shape index (κ3) is 7.60. The minimum Gasteiger partial charge on any atom is -0.497 e. The van der Waals surface area contributed by atoms with E-state index in [0.717, 1.165) is 11.3 Å². The van der Waals surface area contributed by atoms with E-state index in [1.54, 1.807) is 30.2 Å². The van der Waals surface area contributed by atoms with Gasteiger partial charge in [0, 0.05) is 18.2 Å². The third-order valence-corrected chi connectivity index (χ3v) is 4.26. The fourth-order valence-electron chi connectivity index (χ4n) is 2.85. The van der Waals surface area contributed by atoms with E-state index in [0.29, 0.717) is 0 Å². The maximum absolute atomic E-state index is 12.6. The summed E-state index contributed by atoms with van der Waals surface area (Å²) in [5.41, 5.74) is 0.817. The summed E-state index contributed by atoms with van der Waals surface area (Å²) >= 11 is 0. The van der Waals surface area contributed by atoms with E-state index < -0.39 is 24.0 Å². The molecule has 0 spiro atoms. The van der Waals surface area contributed by atoms with Crippen molar-refractivity contribution in [3.05, 3.63) is 35.9 Å². The van der Waals surface area contributed by atoms with Gasteiger partial charge in [0.15, 0.2) is 6.10 Å². The Labute approximate surface area is 173 Å². The minimum absolute atomic E-state index is 0.0103. The molecular formula is C22H32N2O5. The number of nitrogens with one attached hydrogen (secondary N) is 1. The fourth-order valence-corrected chi connectivity index (χ4v) is 2.85. The molecule has 1 N–H and O–H groups in total. The molecular weight excluding hydrogens is 372 g/mol. The van der Waals surface area contributed by atoms with Crippen LogP contribution in [0.5, 0.6) is 5.75 Å². The number of carbonyl (C=O) groups excluding carboxylic acids is 3. The molecule has 0 aromatic heterocycles. The van der Waals surface area contributed by atoms with Crippen LogP contribution in [0.25, 0.3) is 6.08 Å². The monoisotopic (exact) mass is 404 g/mol. The average molecular weight is 405 g/mol. The van der Waals surface area contributed by atoms with Crippen LogP contribution in [0.2, 0.25) is 0 Å². The van der Waals surface area contributed by atoms with Crippen molar-refractivity contribution in [3.8, 4) is 5.75 Å². The lowest BCUT2D eigenvalue weighted by Gasteiger charge is -2.33. The van der Waals surface area contributed by atoms with Gasteiger partial charge in [-0.1, -0.05) is 12.1 Å². The lowest BCUT2D eigenvalue weighted by Crippen LogP contribution is -2.49. The van der Waals surface area contributed by atoms with Crippen LogP contribution in [-0.2, 0) is 19.1 Å². The predicted octanol–water partition coefficient (Wildman–Crippen LogP) is 2.79. The second kappa shape index (κ2) is 11.2. The van der Waals surface area contributed by atoms with Gasteiger partial charge in [0.1, 0.15) is 11.8 Å². The van der Waals surface area contributed by atoms with Gasteiger partial charge in [0.2, 0.25) is 5.91 Å². The Kier molecular flexibility index (Phi) is 9.38. The van der Waals surface area contributed by atoms with Crippen LogP contribution in [-0.4, -0.2) is 54.0 Å². The molecule has 1 rings (SSSR count). The number of hydrogen-bond acceptors (Lipinski definition) is 5. The highest BCUT2D eigenvalue weighted by atomic mass is 16.5. The molecule has 0 heterocycles. The Balaban J connectivity index is 2.60. The van der Waals surface area contributed by atoms with Crippen LogP contribution in [0.3, 0.4) is 0 Å². The number of carbonyl (C=O) groups is 3. The largest absolute Gasteiger partial charge is 0.497 e. The third-order valence-electron chi connectivity index (χ3n) is 4.26. The van der Waals surface area contributed by atoms with Crippen molar-refractivity contribution < 1.29 is 23.9 Å². The Hall–Kier alpha value is -2.83. The molecule has 1 aromatic carbocycles. The molecule has 2 amide bonds. The molecule has 0 radical (unpaired) electrons. The Morgan fingerprint density at radius 2 is 1.52 bits per heavy atom. The molecule has 0 aliphatic heterocycles. The summed E-state index contributed by atoms with van der Waals surface area (Å²) in [5.74, 6) is -0.638. The van der Waals surface area contributed by atoms with Crippen LogP contribution >= 0.6 is 0 Å². The Morgan fingerprint density at radius 3 is 2.00 bits per heavy atom. The van der Waals surface area contributed by atoms with Crippen LogP contribution in [0.15, 0.2) is 30.3 Å². The highest BCUT2D eigenvalue weighted by molar-refractivity contribution is 5.95. The molecule has 0 saturated heterocycles. The molecule has 1 unspecified atom stereocenters. The van der Waals surface area contributed by atoms with Crippen LogP contribution in [0, 0.1) is 0 Å². The van der Waals surface area contributed by atoms with E-state index in [1.165, 1.54) is 19.9 Å². The Morgan fingerprint density at radius 1 is 0.966 bits per heavy atom. The minimum atomic E-state index is -0.929. The summed E-state index contributed by atoms with van der Waals surface area (Å²) < 4.78 is 10.3. The van der Waals surface area contributed by atoms with Crippen molar-refractivity contribution in [2.75, 3.05) is 7.11 Å². The van der Waals surface area contributed by atoms with E-state index in [2.05, 4.69) is 5.32 Å². The SMILES string of the molecule is COc1ccc(/C=C/C(=O)N[C@@H](C)C(=O)OC(C)C(=O)N(C(C)C)C(C)C)cc1. The second-order valence-corrected chi connectivity index (χ2v) is 7.35. The maximum atomic E-state index is 12.6. The van der Waals surface area contributed by atoms with Crippen LogP contribution in [0.4, 0.5) is 0 Å². The number of nitrogens with zero attached hydrogens (tertiary/aromatic N) is 1. The van der Waals surface area contributed by atoms with E-state index in [-0.39, 0.29) is 18.0 Å². The van der Waals surface area contributed by atoms with Crippen molar-refractivity contribution in [2.45, 2.75) is 65.8 Å². The lowest BCUT2D eigenvalue weighted by molar-refractivity contribution is -0.162. The first kappa shape index (κ1) is 24.2. The van der Waals surface area contributed by atoms with Gasteiger partial charge in [-0.25, -0.2) is 4.79 Å². The molecule has 1 aromatic rings. The number of hydrogen-bond donors (Lipinski definition) is 1. The zero-order valence-corrected chi connectivity index (χ0v) is 18.3. The highest BCUT2D eigenvalue weighted by Crippen LogP contribution is 2.12. The molecule has 29 heavy (non-hydrogen) atoms. The van der Waals surface area contributed by atoms with Gasteiger partial charge >= 0.3 is 5.97 Å². The fraction of sp³-hybridized carbons (Fsp3) is 0.500. The first-order valence-electron chi connectivity index (χ1n) is 9.72. The molecule has 0 aliphatic rings. The molecule has 0 fully saturated rings. The number of ether oxygens (including phenoxy) is 2. The van der Waals surface area contributed by atoms with Gasteiger partial charge in [-0.05, 0) is 65.3 Å². The lowest BCUT2D eigenvalue weighted by atomic mass is 10.2. The molecule has 0 saturated carbocycles.